The predicted molar refractivity (Wildman–Crippen MR) is 93.0 cm³/mol. The molecule has 3 heterocycles. The molecule has 25 heavy (non-hydrogen) atoms. The Hall–Kier alpha value is -2.48. The number of nitrogens with one attached hydrogen (secondary N) is 1. The van der Waals surface area contributed by atoms with Gasteiger partial charge in [-0.05, 0) is 30.7 Å². The van der Waals surface area contributed by atoms with Gasteiger partial charge in [0, 0.05) is 31.1 Å². The summed E-state index contributed by atoms with van der Waals surface area (Å²) in [4.78, 5) is 17.6. The van der Waals surface area contributed by atoms with Crippen LogP contribution in [0.4, 0.5) is 0 Å². The van der Waals surface area contributed by atoms with Gasteiger partial charge in [0.25, 0.3) is 0 Å². The second kappa shape index (κ2) is 6.79. The molecule has 1 amide bonds. The topological polar surface area (TPSA) is 85.8 Å². The summed E-state index contributed by atoms with van der Waals surface area (Å²) in [6, 6.07) is 3.94. The number of carbonyl (C=O) groups is 1. The smallest absolute Gasteiger partial charge is 0.227 e. The molecule has 0 saturated heterocycles. The van der Waals surface area contributed by atoms with E-state index in [1.807, 2.05) is 35.4 Å². The van der Waals surface area contributed by atoms with Crippen LogP contribution >= 0.6 is 11.3 Å². The molecule has 1 aliphatic carbocycles. The molecular weight excluding hydrogens is 338 g/mol. The van der Waals surface area contributed by atoms with Crippen LogP contribution in [0.25, 0.3) is 10.7 Å². The first kappa shape index (κ1) is 16.0. The average molecular weight is 357 g/mol. The molecule has 8 heteroatoms. The van der Waals surface area contributed by atoms with Gasteiger partial charge in [0.15, 0.2) is 0 Å². The minimum atomic E-state index is -0.00224. The van der Waals surface area contributed by atoms with Gasteiger partial charge in [0.1, 0.15) is 0 Å². The van der Waals surface area contributed by atoms with Crippen molar-refractivity contribution in [3.8, 4) is 10.7 Å². The summed E-state index contributed by atoms with van der Waals surface area (Å²) in [6.45, 7) is 0. The summed E-state index contributed by atoms with van der Waals surface area (Å²) in [5.74, 6) is 1.07. The lowest BCUT2D eigenvalue weighted by molar-refractivity contribution is -0.122. The Labute approximate surface area is 149 Å². The normalized spacial score (nSPS) is 16.6. The zero-order valence-electron chi connectivity index (χ0n) is 13.9. The van der Waals surface area contributed by atoms with Crippen molar-refractivity contribution >= 4 is 17.2 Å². The van der Waals surface area contributed by atoms with Crippen LogP contribution in [0, 0.1) is 0 Å². The third kappa shape index (κ3) is 3.34. The molecule has 0 aromatic carbocycles. The number of carbonyl (C=O) groups excluding carboxylic acids is 1. The average Bonchev–Trinajstić information content (AvgIpc) is 3.34. The lowest BCUT2D eigenvalue weighted by Gasteiger charge is -2.23. The Morgan fingerprint density at radius 3 is 3.28 bits per heavy atom. The Morgan fingerprint density at radius 1 is 1.52 bits per heavy atom. The number of fused-ring (bicyclic) bond motifs is 1. The van der Waals surface area contributed by atoms with Crippen molar-refractivity contribution in [1.29, 1.82) is 0 Å². The fraction of sp³-hybridized carbons (Fsp3) is 0.412. The van der Waals surface area contributed by atoms with Crippen molar-refractivity contribution in [2.45, 2.75) is 38.1 Å². The number of thiophene rings is 1. The van der Waals surface area contributed by atoms with Crippen molar-refractivity contribution in [3.63, 3.8) is 0 Å². The van der Waals surface area contributed by atoms with Crippen LogP contribution < -0.4 is 5.32 Å². The number of nitrogens with zero attached hydrogens (tertiary/aromatic N) is 4. The molecule has 0 unspecified atom stereocenters. The third-order valence-electron chi connectivity index (χ3n) is 4.49. The Morgan fingerprint density at radius 2 is 2.44 bits per heavy atom. The third-order valence-corrected chi connectivity index (χ3v) is 5.35. The summed E-state index contributed by atoms with van der Waals surface area (Å²) in [6.07, 6.45) is 5.67. The summed E-state index contributed by atoms with van der Waals surface area (Å²) < 4.78 is 7.14. The van der Waals surface area contributed by atoms with E-state index in [4.69, 9.17) is 4.52 Å². The highest BCUT2D eigenvalue weighted by atomic mass is 32.1. The molecular formula is C17H19N5O2S. The minimum Gasteiger partial charge on any atom is -0.349 e. The summed E-state index contributed by atoms with van der Waals surface area (Å²) in [7, 11) is 1.95. The standard InChI is InChI=1S/C17H19N5O2S/c1-22-13-5-2-4-12(11(13)10-18-22)19-15(23)7-8-16-20-17(21-24-16)14-6-3-9-25-14/h3,6,9-10,12H,2,4-5,7-8H2,1H3,(H,19,23)/t12-/m1/s1. The van der Waals surface area contributed by atoms with E-state index in [0.29, 0.717) is 24.6 Å². The molecule has 1 N–H and O–H groups in total. The number of hydrogen-bond acceptors (Lipinski definition) is 6. The van der Waals surface area contributed by atoms with Crippen molar-refractivity contribution < 1.29 is 9.32 Å². The highest BCUT2D eigenvalue weighted by molar-refractivity contribution is 7.13. The molecule has 0 saturated carbocycles. The van der Waals surface area contributed by atoms with Crippen LogP contribution in [-0.4, -0.2) is 25.8 Å². The molecule has 3 aromatic heterocycles. The fourth-order valence-corrected chi connectivity index (χ4v) is 3.85. The zero-order valence-corrected chi connectivity index (χ0v) is 14.8. The van der Waals surface area contributed by atoms with Crippen LogP contribution in [0.5, 0.6) is 0 Å². The monoisotopic (exact) mass is 357 g/mol. The maximum atomic E-state index is 12.3. The van der Waals surface area contributed by atoms with E-state index in [-0.39, 0.29) is 11.9 Å². The van der Waals surface area contributed by atoms with Crippen LogP contribution in [0.3, 0.4) is 0 Å². The lowest BCUT2D eigenvalue weighted by atomic mass is 9.93. The second-order valence-corrected chi connectivity index (χ2v) is 7.12. The number of aromatic nitrogens is 4. The van der Waals surface area contributed by atoms with E-state index in [1.165, 1.54) is 5.69 Å². The molecule has 4 rings (SSSR count). The second-order valence-electron chi connectivity index (χ2n) is 6.17. The highest BCUT2D eigenvalue weighted by Crippen LogP contribution is 2.29. The summed E-state index contributed by atoms with van der Waals surface area (Å²) in [5.41, 5.74) is 2.36. The Kier molecular flexibility index (Phi) is 4.35. The van der Waals surface area contributed by atoms with Gasteiger partial charge >= 0.3 is 0 Å². The minimum absolute atomic E-state index is 0.00224. The maximum Gasteiger partial charge on any atom is 0.227 e. The molecule has 1 atom stereocenters. The van der Waals surface area contributed by atoms with Gasteiger partial charge in [0.05, 0.1) is 17.1 Å². The SMILES string of the molecule is Cn1ncc2c1CCC[C@H]2NC(=O)CCc1nc(-c2cccs2)no1. The van der Waals surface area contributed by atoms with Crippen molar-refractivity contribution in [2.24, 2.45) is 7.05 Å². The van der Waals surface area contributed by atoms with Gasteiger partial charge in [-0.15, -0.1) is 11.3 Å². The largest absolute Gasteiger partial charge is 0.349 e. The number of amides is 1. The van der Waals surface area contributed by atoms with Crippen LogP contribution in [0.2, 0.25) is 0 Å². The summed E-state index contributed by atoms with van der Waals surface area (Å²) >= 11 is 1.56. The van der Waals surface area contributed by atoms with Gasteiger partial charge in [-0.3, -0.25) is 9.48 Å². The molecule has 0 spiro atoms. The van der Waals surface area contributed by atoms with Gasteiger partial charge in [0.2, 0.25) is 17.6 Å². The molecule has 0 bridgehead atoms. The molecule has 0 aliphatic heterocycles. The molecule has 7 nitrogen and oxygen atoms in total. The van der Waals surface area contributed by atoms with Gasteiger partial charge in [-0.1, -0.05) is 11.2 Å². The molecule has 0 radical (unpaired) electrons. The summed E-state index contributed by atoms with van der Waals surface area (Å²) in [5, 5.41) is 13.4. The highest BCUT2D eigenvalue weighted by Gasteiger charge is 2.24. The first-order chi connectivity index (χ1) is 12.2. The predicted octanol–water partition coefficient (Wildman–Crippen LogP) is 2.66. The van der Waals surface area contributed by atoms with Crippen LogP contribution in [0.1, 0.15) is 42.5 Å². The first-order valence-electron chi connectivity index (χ1n) is 8.37. The number of rotatable bonds is 5. The molecule has 1 aliphatic rings. The molecule has 130 valence electrons. The van der Waals surface area contributed by atoms with E-state index < -0.39 is 0 Å². The van der Waals surface area contributed by atoms with Crippen LogP contribution in [0.15, 0.2) is 28.2 Å². The Balaban J connectivity index is 1.34. The van der Waals surface area contributed by atoms with E-state index in [1.54, 1.807) is 11.3 Å². The van der Waals surface area contributed by atoms with E-state index >= 15 is 0 Å². The number of hydrogen-bond donors (Lipinski definition) is 1. The molecule has 0 fully saturated rings. The van der Waals surface area contributed by atoms with Gasteiger partial charge in [-0.2, -0.15) is 10.1 Å². The quantitative estimate of drug-likeness (QED) is 0.759. The van der Waals surface area contributed by atoms with Crippen molar-refractivity contribution in [2.75, 3.05) is 0 Å². The number of aryl methyl sites for hydroxylation is 2. The fourth-order valence-electron chi connectivity index (χ4n) is 3.21. The lowest BCUT2D eigenvalue weighted by Crippen LogP contribution is -2.31. The van der Waals surface area contributed by atoms with E-state index in [9.17, 15) is 4.79 Å². The van der Waals surface area contributed by atoms with E-state index in [0.717, 1.165) is 29.7 Å². The first-order valence-corrected chi connectivity index (χ1v) is 9.25. The maximum absolute atomic E-state index is 12.3. The van der Waals surface area contributed by atoms with Gasteiger partial charge in [-0.25, -0.2) is 0 Å². The van der Waals surface area contributed by atoms with Crippen LogP contribution in [-0.2, 0) is 24.7 Å². The van der Waals surface area contributed by atoms with E-state index in [2.05, 4.69) is 20.6 Å². The van der Waals surface area contributed by atoms with Gasteiger partial charge < -0.3 is 9.84 Å². The zero-order chi connectivity index (χ0) is 17.2. The molecule has 3 aromatic rings. The van der Waals surface area contributed by atoms with Crippen molar-refractivity contribution in [3.05, 3.63) is 40.9 Å². The Bertz CT molecular complexity index is 868. The van der Waals surface area contributed by atoms with Crippen molar-refractivity contribution in [1.82, 2.24) is 25.2 Å².